The maximum absolute atomic E-state index is 5.39. The summed E-state index contributed by atoms with van der Waals surface area (Å²) in [7, 11) is 0. The van der Waals surface area contributed by atoms with E-state index in [0.717, 1.165) is 24.3 Å². The highest BCUT2D eigenvalue weighted by molar-refractivity contribution is 5.44. The van der Waals surface area contributed by atoms with Gasteiger partial charge in [-0.2, -0.15) is 4.98 Å². The molecule has 0 saturated carbocycles. The zero-order valence-corrected chi connectivity index (χ0v) is 12.3. The van der Waals surface area contributed by atoms with Crippen LogP contribution in [0.15, 0.2) is 22.7 Å². The Bertz CT molecular complexity index is 612. The zero-order valence-electron chi connectivity index (χ0n) is 12.3. The highest BCUT2D eigenvalue weighted by Crippen LogP contribution is 2.32. The van der Waals surface area contributed by atoms with E-state index in [-0.39, 0.29) is 0 Å². The van der Waals surface area contributed by atoms with Crippen LogP contribution in [0.5, 0.6) is 11.5 Å². The molecular weight excluding hydrogens is 270 g/mol. The summed E-state index contributed by atoms with van der Waals surface area (Å²) in [6.45, 7) is 4.89. The first-order chi connectivity index (χ1) is 10.2. The van der Waals surface area contributed by atoms with Gasteiger partial charge in [0.15, 0.2) is 17.3 Å². The van der Waals surface area contributed by atoms with Crippen molar-refractivity contribution in [3.8, 4) is 11.5 Å². The lowest BCUT2D eigenvalue weighted by Crippen LogP contribution is -2.26. The average Bonchev–Trinajstić information content (AvgIpc) is 3.10. The molecule has 1 atom stereocenters. The van der Waals surface area contributed by atoms with Gasteiger partial charge in [-0.25, -0.2) is 0 Å². The third-order valence-electron chi connectivity index (χ3n) is 3.48. The van der Waals surface area contributed by atoms with Crippen LogP contribution in [0.3, 0.4) is 0 Å². The number of hydrogen-bond donors (Lipinski definition) is 1. The van der Waals surface area contributed by atoms with Crippen LogP contribution in [0, 0.1) is 6.92 Å². The number of ether oxygens (including phenoxy) is 2. The van der Waals surface area contributed by atoms with Crippen molar-refractivity contribution in [3.05, 3.63) is 35.5 Å². The molecule has 2 aromatic rings. The van der Waals surface area contributed by atoms with Crippen LogP contribution in [-0.4, -0.2) is 23.0 Å². The summed E-state index contributed by atoms with van der Waals surface area (Å²) in [6.07, 6.45) is 2.01. The fourth-order valence-corrected chi connectivity index (χ4v) is 2.26. The second-order valence-corrected chi connectivity index (χ2v) is 5.24. The van der Waals surface area contributed by atoms with E-state index in [1.807, 2.05) is 6.07 Å². The number of aryl methyl sites for hydroxylation is 2. The van der Waals surface area contributed by atoms with Gasteiger partial charge in [-0.1, -0.05) is 11.2 Å². The van der Waals surface area contributed by atoms with Crippen LogP contribution in [0.25, 0.3) is 0 Å². The second kappa shape index (κ2) is 6.13. The van der Waals surface area contributed by atoms with E-state index in [2.05, 4.69) is 34.5 Å². The number of aromatic nitrogens is 2. The number of benzene rings is 1. The minimum atomic E-state index is 0.320. The van der Waals surface area contributed by atoms with E-state index in [4.69, 9.17) is 14.0 Å². The number of hydrogen-bond acceptors (Lipinski definition) is 6. The minimum Gasteiger partial charge on any atom is -0.454 e. The molecule has 2 heterocycles. The van der Waals surface area contributed by atoms with Crippen LogP contribution in [-0.2, 0) is 13.0 Å². The summed E-state index contributed by atoms with van der Waals surface area (Å²) in [5.41, 5.74) is 1.25. The predicted molar refractivity (Wildman–Crippen MR) is 76.2 cm³/mol. The summed E-state index contributed by atoms with van der Waals surface area (Å²) in [6, 6.07) is 6.48. The largest absolute Gasteiger partial charge is 0.454 e. The van der Waals surface area contributed by atoms with Gasteiger partial charge in [0.05, 0.1) is 6.54 Å². The van der Waals surface area contributed by atoms with Gasteiger partial charge in [-0.3, -0.25) is 0 Å². The summed E-state index contributed by atoms with van der Waals surface area (Å²) in [4.78, 5) is 4.17. The molecule has 112 valence electrons. The van der Waals surface area contributed by atoms with Crippen molar-refractivity contribution < 1.29 is 14.0 Å². The highest BCUT2D eigenvalue weighted by Gasteiger charge is 2.13. The first-order valence-electron chi connectivity index (χ1n) is 7.12. The zero-order chi connectivity index (χ0) is 14.7. The lowest BCUT2D eigenvalue weighted by molar-refractivity contribution is 0.174. The predicted octanol–water partition coefficient (Wildman–Crippen LogP) is 2.22. The highest BCUT2D eigenvalue weighted by atomic mass is 16.7. The molecular formula is C15H19N3O3. The molecule has 3 rings (SSSR count). The van der Waals surface area contributed by atoms with Gasteiger partial charge in [0.25, 0.3) is 0 Å². The quantitative estimate of drug-likeness (QED) is 0.879. The van der Waals surface area contributed by atoms with Crippen LogP contribution < -0.4 is 14.8 Å². The van der Waals surface area contributed by atoms with Crippen LogP contribution in [0.4, 0.5) is 0 Å². The monoisotopic (exact) mass is 289 g/mol. The van der Waals surface area contributed by atoms with E-state index in [1.165, 1.54) is 5.56 Å². The van der Waals surface area contributed by atoms with Crippen molar-refractivity contribution in [3.63, 3.8) is 0 Å². The Morgan fingerprint density at radius 1 is 1.29 bits per heavy atom. The van der Waals surface area contributed by atoms with E-state index in [0.29, 0.717) is 31.1 Å². The second-order valence-electron chi connectivity index (χ2n) is 5.24. The van der Waals surface area contributed by atoms with Crippen molar-refractivity contribution in [2.45, 2.75) is 39.3 Å². The third-order valence-corrected chi connectivity index (χ3v) is 3.48. The SMILES string of the molecule is Cc1nc(CNC(C)CCc2ccc3c(c2)OCO3)no1. The molecule has 21 heavy (non-hydrogen) atoms. The van der Waals surface area contributed by atoms with Gasteiger partial charge in [0, 0.05) is 13.0 Å². The van der Waals surface area contributed by atoms with Gasteiger partial charge in [-0.05, 0) is 37.5 Å². The van der Waals surface area contributed by atoms with Crippen molar-refractivity contribution in [1.29, 1.82) is 0 Å². The molecule has 1 N–H and O–H groups in total. The summed E-state index contributed by atoms with van der Waals surface area (Å²) in [5, 5.41) is 7.26. The topological polar surface area (TPSA) is 69.4 Å². The van der Waals surface area contributed by atoms with Gasteiger partial charge >= 0.3 is 0 Å². The molecule has 1 aromatic carbocycles. The molecule has 0 bridgehead atoms. The first-order valence-corrected chi connectivity index (χ1v) is 7.12. The molecule has 1 aliphatic rings. The Morgan fingerprint density at radius 3 is 2.95 bits per heavy atom. The molecule has 0 aliphatic carbocycles. The van der Waals surface area contributed by atoms with Crippen molar-refractivity contribution in [1.82, 2.24) is 15.5 Å². The van der Waals surface area contributed by atoms with Crippen molar-refractivity contribution in [2.75, 3.05) is 6.79 Å². The molecule has 1 aliphatic heterocycles. The van der Waals surface area contributed by atoms with Gasteiger partial charge in [0.1, 0.15) is 0 Å². The van der Waals surface area contributed by atoms with Crippen LogP contribution in [0.2, 0.25) is 0 Å². The number of fused-ring (bicyclic) bond motifs is 1. The maximum Gasteiger partial charge on any atom is 0.231 e. The van der Waals surface area contributed by atoms with Gasteiger partial charge in [-0.15, -0.1) is 0 Å². The fraction of sp³-hybridized carbons (Fsp3) is 0.467. The molecule has 6 heteroatoms. The number of nitrogens with zero attached hydrogens (tertiary/aromatic N) is 2. The molecule has 0 saturated heterocycles. The van der Waals surface area contributed by atoms with E-state index >= 15 is 0 Å². The Kier molecular flexibility index (Phi) is 4.06. The Hall–Kier alpha value is -2.08. The average molecular weight is 289 g/mol. The summed E-state index contributed by atoms with van der Waals surface area (Å²) < 4.78 is 15.6. The molecule has 0 radical (unpaired) electrons. The van der Waals surface area contributed by atoms with Crippen molar-refractivity contribution >= 4 is 0 Å². The Balaban J connectivity index is 1.46. The summed E-state index contributed by atoms with van der Waals surface area (Å²) in [5.74, 6) is 2.97. The van der Waals surface area contributed by atoms with Gasteiger partial charge in [0.2, 0.25) is 12.7 Å². The first kappa shape index (κ1) is 13.9. The van der Waals surface area contributed by atoms with Crippen molar-refractivity contribution in [2.24, 2.45) is 0 Å². The molecule has 0 spiro atoms. The fourth-order valence-electron chi connectivity index (χ4n) is 2.26. The Labute approximate surface area is 123 Å². The molecule has 1 aromatic heterocycles. The van der Waals surface area contributed by atoms with Crippen LogP contribution >= 0.6 is 0 Å². The smallest absolute Gasteiger partial charge is 0.231 e. The lowest BCUT2D eigenvalue weighted by Gasteiger charge is -2.12. The normalized spacial score (nSPS) is 14.4. The van der Waals surface area contributed by atoms with Crippen LogP contribution in [0.1, 0.15) is 30.6 Å². The van der Waals surface area contributed by atoms with E-state index < -0.39 is 0 Å². The third kappa shape index (κ3) is 3.52. The number of nitrogens with one attached hydrogen (secondary N) is 1. The molecule has 0 fully saturated rings. The lowest BCUT2D eigenvalue weighted by atomic mass is 10.1. The van der Waals surface area contributed by atoms with E-state index in [9.17, 15) is 0 Å². The minimum absolute atomic E-state index is 0.320. The van der Waals surface area contributed by atoms with E-state index in [1.54, 1.807) is 6.92 Å². The standard InChI is InChI=1S/C15H19N3O3/c1-10(16-8-15-17-11(2)21-18-15)3-4-12-5-6-13-14(7-12)20-9-19-13/h5-7,10,16H,3-4,8-9H2,1-2H3. The molecule has 1 unspecified atom stereocenters. The molecule has 0 amide bonds. The molecule has 6 nitrogen and oxygen atoms in total. The van der Waals surface area contributed by atoms with Gasteiger partial charge < -0.3 is 19.3 Å². The number of rotatable bonds is 6. The summed E-state index contributed by atoms with van der Waals surface area (Å²) >= 11 is 0. The Morgan fingerprint density at radius 2 is 2.14 bits per heavy atom. The maximum atomic E-state index is 5.39.